The van der Waals surface area contributed by atoms with Crippen LogP contribution in [-0.4, -0.2) is 51.3 Å². The Morgan fingerprint density at radius 2 is 1.93 bits per heavy atom. The summed E-state index contributed by atoms with van der Waals surface area (Å²) in [4.78, 5) is 18.3. The third-order valence-corrected chi connectivity index (χ3v) is 5.35. The molecule has 7 heteroatoms. The Kier molecular flexibility index (Phi) is 4.57. The van der Waals surface area contributed by atoms with Crippen molar-refractivity contribution < 1.29 is 24.1 Å². The highest BCUT2D eigenvalue weighted by Crippen LogP contribution is 2.44. The van der Waals surface area contributed by atoms with Gasteiger partial charge in [0, 0.05) is 25.9 Å². The third kappa shape index (κ3) is 3.79. The number of benzene rings is 1. The molecule has 0 bridgehead atoms. The van der Waals surface area contributed by atoms with E-state index in [1.54, 1.807) is 12.1 Å². The van der Waals surface area contributed by atoms with Crippen LogP contribution in [0, 0.1) is 17.7 Å². The first-order valence-electron chi connectivity index (χ1n) is 8.98. The van der Waals surface area contributed by atoms with Gasteiger partial charge in [-0.05, 0) is 36.1 Å². The van der Waals surface area contributed by atoms with Crippen molar-refractivity contribution in [2.24, 2.45) is 11.8 Å². The van der Waals surface area contributed by atoms with Gasteiger partial charge in [-0.3, -0.25) is 9.69 Å². The van der Waals surface area contributed by atoms with Gasteiger partial charge in [-0.2, -0.15) is 0 Å². The van der Waals surface area contributed by atoms with E-state index in [4.69, 9.17) is 4.74 Å². The summed E-state index contributed by atoms with van der Waals surface area (Å²) in [5.41, 5.74) is 0.323. The van der Waals surface area contributed by atoms with Crippen molar-refractivity contribution in [1.29, 1.82) is 0 Å². The van der Waals surface area contributed by atoms with Crippen LogP contribution in [0.1, 0.15) is 23.3 Å². The highest BCUT2D eigenvalue weighted by Gasteiger charge is 2.50. The second kappa shape index (κ2) is 6.90. The molecule has 1 saturated carbocycles. The van der Waals surface area contributed by atoms with Gasteiger partial charge in [-0.15, -0.1) is 0 Å². The van der Waals surface area contributed by atoms with E-state index in [0.29, 0.717) is 31.6 Å². The summed E-state index contributed by atoms with van der Waals surface area (Å²) >= 11 is 0. The molecule has 4 rings (SSSR count). The number of para-hydroxylation sites is 1. The molecule has 2 aliphatic rings. The number of Topliss-reactive ketones (excluding diaryl/α,β-unsaturated/α-hetero) is 1. The Hall–Kier alpha value is -2.51. The number of aromatic hydroxyl groups is 1. The number of nitrogens with zero attached hydrogens (tertiary/aromatic N) is 2. The molecule has 1 unspecified atom stereocenters. The highest BCUT2D eigenvalue weighted by atomic mass is 19.1. The van der Waals surface area contributed by atoms with Crippen molar-refractivity contribution in [3.8, 4) is 11.5 Å². The van der Waals surface area contributed by atoms with Crippen molar-refractivity contribution in [3.63, 3.8) is 0 Å². The van der Waals surface area contributed by atoms with Crippen molar-refractivity contribution in [2.75, 3.05) is 19.6 Å². The lowest BCUT2D eigenvalue weighted by atomic mass is 10.0. The van der Waals surface area contributed by atoms with Crippen LogP contribution in [0.3, 0.4) is 0 Å². The summed E-state index contributed by atoms with van der Waals surface area (Å²) in [6, 6.07) is 9.01. The Labute approximate surface area is 156 Å². The summed E-state index contributed by atoms with van der Waals surface area (Å²) in [5.74, 6) is -1.48. The van der Waals surface area contributed by atoms with Gasteiger partial charge in [0.05, 0.1) is 12.7 Å². The van der Waals surface area contributed by atoms with Gasteiger partial charge in [-0.25, -0.2) is 9.37 Å². The maximum atomic E-state index is 13.8. The fourth-order valence-corrected chi connectivity index (χ4v) is 4.18. The predicted octanol–water partition coefficient (Wildman–Crippen LogP) is 2.22. The van der Waals surface area contributed by atoms with Crippen LogP contribution in [0.4, 0.5) is 4.39 Å². The summed E-state index contributed by atoms with van der Waals surface area (Å²) in [6.45, 7) is 1.60. The van der Waals surface area contributed by atoms with Gasteiger partial charge in [-0.1, -0.05) is 12.1 Å². The number of fused-ring (bicyclic) bond motifs is 1. The van der Waals surface area contributed by atoms with Crippen LogP contribution in [0.2, 0.25) is 0 Å². The lowest BCUT2D eigenvalue weighted by Gasteiger charge is -2.27. The number of ketones is 1. The van der Waals surface area contributed by atoms with Crippen LogP contribution in [0.15, 0.2) is 42.6 Å². The zero-order valence-corrected chi connectivity index (χ0v) is 14.7. The van der Waals surface area contributed by atoms with Gasteiger partial charge in [0.2, 0.25) is 5.79 Å². The smallest absolute Gasteiger partial charge is 0.208 e. The molecule has 1 aromatic carbocycles. The van der Waals surface area contributed by atoms with Crippen molar-refractivity contribution in [2.45, 2.75) is 18.6 Å². The van der Waals surface area contributed by atoms with Crippen LogP contribution in [0.5, 0.6) is 11.5 Å². The Morgan fingerprint density at radius 3 is 2.56 bits per heavy atom. The number of halogens is 1. The first-order valence-corrected chi connectivity index (χ1v) is 8.98. The SMILES string of the molecule is O=C(CN1C[C@@H]2CC(O)(Oc3ccccc3F)C[C@@H]2C1)c1ccc(O)cn1. The number of carbonyl (C=O) groups is 1. The molecule has 0 amide bonds. The monoisotopic (exact) mass is 372 g/mol. The Bertz CT molecular complexity index is 828. The number of aromatic nitrogens is 1. The molecule has 0 spiro atoms. The van der Waals surface area contributed by atoms with Crippen LogP contribution >= 0.6 is 0 Å². The zero-order chi connectivity index (χ0) is 19.0. The van der Waals surface area contributed by atoms with E-state index in [9.17, 15) is 19.4 Å². The molecular weight excluding hydrogens is 351 g/mol. The fourth-order valence-electron chi connectivity index (χ4n) is 4.18. The number of rotatable bonds is 5. The summed E-state index contributed by atoms with van der Waals surface area (Å²) in [5, 5.41) is 20.0. The van der Waals surface area contributed by atoms with Crippen LogP contribution in [0.25, 0.3) is 0 Å². The van der Waals surface area contributed by atoms with Crippen molar-refractivity contribution in [1.82, 2.24) is 9.88 Å². The van der Waals surface area contributed by atoms with Gasteiger partial charge in [0.25, 0.3) is 0 Å². The lowest BCUT2D eigenvalue weighted by Crippen LogP contribution is -2.37. The predicted molar refractivity (Wildman–Crippen MR) is 94.9 cm³/mol. The molecule has 0 radical (unpaired) electrons. The van der Waals surface area contributed by atoms with E-state index < -0.39 is 11.6 Å². The first kappa shape index (κ1) is 17.9. The average molecular weight is 372 g/mol. The maximum Gasteiger partial charge on any atom is 0.208 e. The number of carbonyl (C=O) groups excluding carboxylic acids is 1. The quantitative estimate of drug-likeness (QED) is 0.619. The summed E-state index contributed by atoms with van der Waals surface area (Å²) in [7, 11) is 0. The summed E-state index contributed by atoms with van der Waals surface area (Å²) in [6.07, 6.45) is 2.08. The molecule has 2 fully saturated rings. The van der Waals surface area contributed by atoms with E-state index in [-0.39, 0.29) is 35.7 Å². The number of likely N-dealkylation sites (tertiary alicyclic amines) is 1. The van der Waals surface area contributed by atoms with E-state index in [1.807, 2.05) is 0 Å². The van der Waals surface area contributed by atoms with Crippen molar-refractivity contribution >= 4 is 5.78 Å². The number of hydrogen-bond donors (Lipinski definition) is 2. The molecule has 1 saturated heterocycles. The number of aliphatic hydroxyl groups is 1. The minimum absolute atomic E-state index is 0.0244. The van der Waals surface area contributed by atoms with Gasteiger partial charge < -0.3 is 14.9 Å². The third-order valence-electron chi connectivity index (χ3n) is 5.35. The molecule has 6 nitrogen and oxygen atoms in total. The maximum absolute atomic E-state index is 13.8. The van der Waals surface area contributed by atoms with Crippen LogP contribution < -0.4 is 4.74 Å². The number of pyridine rings is 1. The molecule has 1 aromatic heterocycles. The zero-order valence-electron chi connectivity index (χ0n) is 14.7. The Balaban J connectivity index is 1.34. The molecule has 27 heavy (non-hydrogen) atoms. The van der Waals surface area contributed by atoms with Gasteiger partial charge in [0.1, 0.15) is 11.4 Å². The lowest BCUT2D eigenvalue weighted by molar-refractivity contribution is -0.138. The minimum atomic E-state index is -1.37. The second-order valence-corrected chi connectivity index (χ2v) is 7.43. The van der Waals surface area contributed by atoms with Gasteiger partial charge in [0.15, 0.2) is 17.3 Å². The van der Waals surface area contributed by atoms with E-state index in [0.717, 1.165) is 0 Å². The molecule has 142 valence electrons. The number of ether oxygens (including phenoxy) is 1. The topological polar surface area (TPSA) is 82.9 Å². The fraction of sp³-hybridized carbons (Fsp3) is 0.400. The van der Waals surface area contributed by atoms with Gasteiger partial charge >= 0.3 is 0 Å². The second-order valence-electron chi connectivity index (χ2n) is 7.43. The largest absolute Gasteiger partial charge is 0.506 e. The van der Waals surface area contributed by atoms with E-state index in [1.165, 1.54) is 30.5 Å². The Morgan fingerprint density at radius 1 is 1.22 bits per heavy atom. The van der Waals surface area contributed by atoms with Crippen molar-refractivity contribution in [3.05, 3.63) is 54.1 Å². The molecule has 2 N–H and O–H groups in total. The van der Waals surface area contributed by atoms with E-state index in [2.05, 4.69) is 9.88 Å². The molecule has 2 heterocycles. The highest BCUT2D eigenvalue weighted by molar-refractivity contribution is 5.95. The summed E-state index contributed by atoms with van der Waals surface area (Å²) < 4.78 is 19.4. The average Bonchev–Trinajstić information content (AvgIpc) is 3.11. The normalized spacial score (nSPS) is 27.5. The molecule has 1 aliphatic carbocycles. The van der Waals surface area contributed by atoms with E-state index >= 15 is 0 Å². The standard InChI is InChI=1S/C20H21FN2O4/c21-16-3-1-2-4-19(16)27-20(26)7-13-10-23(11-14(13)8-20)12-18(25)17-6-5-15(24)9-22-17/h1-6,9,13-14,24,26H,7-8,10-12H2/t13-,14+,20?. The molecule has 1 aliphatic heterocycles. The molecule has 2 aromatic rings. The molecular formula is C20H21FN2O4. The molecule has 3 atom stereocenters. The number of hydrogen-bond acceptors (Lipinski definition) is 6. The minimum Gasteiger partial charge on any atom is -0.506 e. The first-order chi connectivity index (χ1) is 12.9. The van der Waals surface area contributed by atoms with Crippen LogP contribution in [-0.2, 0) is 0 Å².